The molecule has 1 saturated heterocycles. The number of amides is 4. The van der Waals surface area contributed by atoms with Crippen molar-refractivity contribution in [3.63, 3.8) is 0 Å². The van der Waals surface area contributed by atoms with Gasteiger partial charge in [-0.2, -0.15) is 0 Å². The molecule has 4 rings (SSSR count). The number of imide groups is 2. The number of carbonyl (C=O) groups excluding carboxylic acids is 3. The van der Waals surface area contributed by atoms with E-state index in [2.05, 4.69) is 5.32 Å². The van der Waals surface area contributed by atoms with Gasteiger partial charge >= 0.3 is 6.03 Å². The van der Waals surface area contributed by atoms with Gasteiger partial charge in [0.15, 0.2) is 11.5 Å². The van der Waals surface area contributed by atoms with E-state index in [4.69, 9.17) is 18.9 Å². The predicted molar refractivity (Wildman–Crippen MR) is 106 cm³/mol. The number of methoxy groups -OCH3 is 1. The summed E-state index contributed by atoms with van der Waals surface area (Å²) < 4.78 is 21.4. The van der Waals surface area contributed by atoms with Crippen molar-refractivity contribution < 1.29 is 33.3 Å². The maximum atomic E-state index is 13.1. The summed E-state index contributed by atoms with van der Waals surface area (Å²) in [7, 11) is 1.51. The summed E-state index contributed by atoms with van der Waals surface area (Å²) in [5.74, 6) is 0.413. The first-order valence-electron chi connectivity index (χ1n) is 9.13. The Morgan fingerprint density at radius 3 is 2.47 bits per heavy atom. The number of hydrogen-bond donors (Lipinski definition) is 1. The molecular weight excluding hydrogens is 392 g/mol. The Morgan fingerprint density at radius 2 is 1.80 bits per heavy atom. The molecule has 30 heavy (non-hydrogen) atoms. The first-order valence-corrected chi connectivity index (χ1v) is 9.13. The first kappa shape index (κ1) is 19.3. The molecule has 2 heterocycles. The molecule has 9 heteroatoms. The maximum absolute atomic E-state index is 13.1. The number of urea groups is 1. The smallest absolute Gasteiger partial charge is 0.335 e. The molecule has 0 saturated carbocycles. The lowest BCUT2D eigenvalue weighted by Crippen LogP contribution is -2.54. The van der Waals surface area contributed by atoms with Crippen LogP contribution >= 0.6 is 0 Å². The fourth-order valence-electron chi connectivity index (χ4n) is 3.11. The van der Waals surface area contributed by atoms with E-state index < -0.39 is 17.8 Å². The summed E-state index contributed by atoms with van der Waals surface area (Å²) in [6.07, 6.45) is 1.37. The number of ether oxygens (including phenoxy) is 4. The van der Waals surface area contributed by atoms with E-state index in [0.29, 0.717) is 40.9 Å². The van der Waals surface area contributed by atoms with Crippen LogP contribution < -0.4 is 29.2 Å². The number of benzene rings is 2. The second-order valence-electron chi connectivity index (χ2n) is 6.33. The molecular formula is C21H18N2O7. The van der Waals surface area contributed by atoms with Crippen molar-refractivity contribution in [1.29, 1.82) is 0 Å². The Labute approximate surface area is 171 Å². The van der Waals surface area contributed by atoms with Crippen molar-refractivity contribution in [2.24, 2.45) is 0 Å². The van der Waals surface area contributed by atoms with Crippen molar-refractivity contribution in [3.8, 4) is 23.0 Å². The Morgan fingerprint density at radius 1 is 1.10 bits per heavy atom. The Bertz CT molecular complexity index is 1060. The molecule has 154 valence electrons. The molecule has 9 nitrogen and oxygen atoms in total. The fraction of sp³-hybridized carbons (Fsp3) is 0.190. The number of nitrogens with zero attached hydrogens (tertiary/aromatic N) is 1. The zero-order valence-electron chi connectivity index (χ0n) is 16.3. The van der Waals surface area contributed by atoms with Crippen LogP contribution in [0.15, 0.2) is 42.0 Å². The molecule has 0 bridgehead atoms. The molecule has 1 N–H and O–H groups in total. The van der Waals surface area contributed by atoms with Crippen molar-refractivity contribution in [3.05, 3.63) is 47.5 Å². The third-order valence-corrected chi connectivity index (χ3v) is 4.54. The molecule has 0 aromatic heterocycles. The van der Waals surface area contributed by atoms with Crippen LogP contribution in [0.25, 0.3) is 6.08 Å². The topological polar surface area (TPSA) is 103 Å². The van der Waals surface area contributed by atoms with Crippen LogP contribution in [0.5, 0.6) is 23.0 Å². The van der Waals surface area contributed by atoms with Gasteiger partial charge in [0, 0.05) is 11.6 Å². The van der Waals surface area contributed by atoms with Crippen LogP contribution in [0.1, 0.15) is 12.5 Å². The lowest BCUT2D eigenvalue weighted by Gasteiger charge is -2.26. The summed E-state index contributed by atoms with van der Waals surface area (Å²) in [5.41, 5.74) is 0.529. The van der Waals surface area contributed by atoms with Crippen LogP contribution in [0.2, 0.25) is 0 Å². The SMILES string of the molecule is CCOc1cc2c(cc1/C=C1/C(=O)NC(=O)N(c3ccc(OC)cc3)C1=O)OCO2. The second-order valence-corrected chi connectivity index (χ2v) is 6.33. The number of barbiturate groups is 1. The van der Waals surface area contributed by atoms with Gasteiger partial charge in [-0.25, -0.2) is 9.69 Å². The number of nitrogens with one attached hydrogen (secondary N) is 1. The van der Waals surface area contributed by atoms with Gasteiger partial charge in [0.1, 0.15) is 17.1 Å². The van der Waals surface area contributed by atoms with Crippen molar-refractivity contribution in [1.82, 2.24) is 5.32 Å². The standard InChI is InChI=1S/C21H18N2O7/c1-3-28-16-10-18-17(29-11-30-18)9-12(16)8-15-19(24)22-21(26)23(20(15)25)13-4-6-14(27-2)7-5-13/h4-10H,3,11H2,1-2H3,(H,22,24,26)/b15-8-. The van der Waals surface area contributed by atoms with Gasteiger partial charge in [-0.1, -0.05) is 0 Å². The molecule has 4 amide bonds. The molecule has 2 aliphatic rings. The largest absolute Gasteiger partial charge is 0.497 e. The minimum Gasteiger partial charge on any atom is -0.497 e. The lowest BCUT2D eigenvalue weighted by atomic mass is 10.1. The van der Waals surface area contributed by atoms with E-state index in [0.717, 1.165) is 4.90 Å². The minimum absolute atomic E-state index is 0.0695. The summed E-state index contributed by atoms with van der Waals surface area (Å²) in [6.45, 7) is 2.25. The zero-order valence-corrected chi connectivity index (χ0v) is 16.3. The highest BCUT2D eigenvalue weighted by molar-refractivity contribution is 6.39. The highest BCUT2D eigenvalue weighted by Gasteiger charge is 2.37. The van der Waals surface area contributed by atoms with Gasteiger partial charge in [0.05, 0.1) is 19.4 Å². The van der Waals surface area contributed by atoms with Crippen molar-refractivity contribution >= 4 is 29.6 Å². The fourth-order valence-corrected chi connectivity index (χ4v) is 3.11. The molecule has 2 aliphatic heterocycles. The molecule has 0 spiro atoms. The molecule has 2 aromatic carbocycles. The Balaban J connectivity index is 1.74. The Hall–Kier alpha value is -4.01. The monoisotopic (exact) mass is 410 g/mol. The predicted octanol–water partition coefficient (Wildman–Crippen LogP) is 2.49. The first-order chi connectivity index (χ1) is 14.5. The number of rotatable bonds is 5. The molecule has 1 fully saturated rings. The minimum atomic E-state index is -0.831. The van der Waals surface area contributed by atoms with Crippen LogP contribution in [0.4, 0.5) is 10.5 Å². The van der Waals surface area contributed by atoms with Crippen LogP contribution in [0, 0.1) is 0 Å². The van der Waals surface area contributed by atoms with Gasteiger partial charge in [-0.15, -0.1) is 0 Å². The van der Waals surface area contributed by atoms with Crippen LogP contribution in [-0.4, -0.2) is 38.4 Å². The molecule has 0 aliphatic carbocycles. The van der Waals surface area contributed by atoms with Crippen molar-refractivity contribution in [2.45, 2.75) is 6.92 Å². The molecule has 2 aromatic rings. The number of carbonyl (C=O) groups is 3. The normalized spacial score (nSPS) is 16.7. The quantitative estimate of drug-likeness (QED) is 0.597. The van der Waals surface area contributed by atoms with E-state index in [1.54, 1.807) is 36.4 Å². The third kappa shape index (κ3) is 3.41. The van der Waals surface area contributed by atoms with E-state index in [1.165, 1.54) is 13.2 Å². The van der Waals surface area contributed by atoms with Gasteiger partial charge < -0.3 is 18.9 Å². The van der Waals surface area contributed by atoms with Crippen LogP contribution in [-0.2, 0) is 9.59 Å². The second kappa shape index (κ2) is 7.78. The zero-order chi connectivity index (χ0) is 21.3. The van der Waals surface area contributed by atoms with Gasteiger partial charge in [0.2, 0.25) is 6.79 Å². The van der Waals surface area contributed by atoms with Gasteiger partial charge in [0.25, 0.3) is 11.8 Å². The highest BCUT2D eigenvalue weighted by Crippen LogP contribution is 2.39. The van der Waals surface area contributed by atoms with Crippen molar-refractivity contribution in [2.75, 3.05) is 25.4 Å². The molecule has 0 atom stereocenters. The highest BCUT2D eigenvalue weighted by atomic mass is 16.7. The average Bonchev–Trinajstić information content (AvgIpc) is 3.19. The lowest BCUT2D eigenvalue weighted by molar-refractivity contribution is -0.122. The van der Waals surface area contributed by atoms with E-state index in [9.17, 15) is 14.4 Å². The molecule has 0 unspecified atom stereocenters. The number of anilines is 1. The average molecular weight is 410 g/mol. The summed E-state index contributed by atoms with van der Waals surface area (Å²) >= 11 is 0. The molecule has 0 radical (unpaired) electrons. The summed E-state index contributed by atoms with van der Waals surface area (Å²) in [5, 5.41) is 2.19. The van der Waals surface area contributed by atoms with E-state index in [-0.39, 0.29) is 12.4 Å². The third-order valence-electron chi connectivity index (χ3n) is 4.54. The summed E-state index contributed by atoms with van der Waals surface area (Å²) in [6, 6.07) is 8.75. The summed E-state index contributed by atoms with van der Waals surface area (Å²) in [4.78, 5) is 38.7. The maximum Gasteiger partial charge on any atom is 0.335 e. The number of hydrogen-bond acceptors (Lipinski definition) is 7. The van der Waals surface area contributed by atoms with Gasteiger partial charge in [-0.05, 0) is 43.3 Å². The van der Waals surface area contributed by atoms with E-state index in [1.807, 2.05) is 6.92 Å². The number of fused-ring (bicyclic) bond motifs is 1. The van der Waals surface area contributed by atoms with E-state index >= 15 is 0 Å². The van der Waals surface area contributed by atoms with Gasteiger partial charge in [-0.3, -0.25) is 14.9 Å². The van der Waals surface area contributed by atoms with Crippen LogP contribution in [0.3, 0.4) is 0 Å². The Kier molecular flexibility index (Phi) is 5.01.